The number of urea groups is 1. The minimum absolute atomic E-state index is 0.0606. The van der Waals surface area contributed by atoms with E-state index in [1.54, 1.807) is 18.0 Å². The molecule has 0 saturated carbocycles. The van der Waals surface area contributed by atoms with Gasteiger partial charge in [0.1, 0.15) is 12.1 Å². The van der Waals surface area contributed by atoms with Crippen LogP contribution in [0, 0.1) is 0 Å². The van der Waals surface area contributed by atoms with Crippen LogP contribution in [-0.2, 0) is 33.8 Å². The molecule has 1 heterocycles. The van der Waals surface area contributed by atoms with E-state index < -0.39 is 11.6 Å². The number of anilines is 1. The Bertz CT molecular complexity index is 1110. The van der Waals surface area contributed by atoms with Gasteiger partial charge in [-0.05, 0) is 35.1 Å². The predicted octanol–water partition coefficient (Wildman–Crippen LogP) is 2.04. The van der Waals surface area contributed by atoms with Gasteiger partial charge in [-0.1, -0.05) is 36.4 Å². The molecule has 1 aliphatic heterocycles. The second-order valence-electron chi connectivity index (χ2n) is 8.40. The first kappa shape index (κ1) is 22.8. The summed E-state index contributed by atoms with van der Waals surface area (Å²) in [6.45, 7) is 0.296. The Morgan fingerprint density at radius 2 is 1.85 bits per heavy atom. The van der Waals surface area contributed by atoms with Gasteiger partial charge in [-0.25, -0.2) is 4.79 Å². The van der Waals surface area contributed by atoms with Crippen molar-refractivity contribution in [3.05, 3.63) is 65.2 Å². The molecule has 2 aliphatic rings. The molecule has 2 N–H and O–H groups in total. The molecule has 33 heavy (non-hydrogen) atoms. The highest BCUT2D eigenvalue weighted by molar-refractivity contribution is 7.99. The van der Waals surface area contributed by atoms with Crippen molar-refractivity contribution < 1.29 is 19.2 Å². The average Bonchev–Trinajstić information content (AvgIpc) is 3.27. The fourth-order valence-electron chi connectivity index (χ4n) is 4.40. The largest absolute Gasteiger partial charge is 0.328 e. The number of hydrogen-bond donors (Lipinski definition) is 2. The minimum Gasteiger partial charge on any atom is -0.328 e. The lowest BCUT2D eigenvalue weighted by Gasteiger charge is -2.27. The molecule has 0 aromatic heterocycles. The molecule has 0 radical (unpaired) electrons. The monoisotopic (exact) mass is 466 g/mol. The van der Waals surface area contributed by atoms with Crippen LogP contribution >= 0.6 is 11.8 Å². The lowest BCUT2D eigenvalue weighted by atomic mass is 9.95. The van der Waals surface area contributed by atoms with Crippen LogP contribution in [0.2, 0.25) is 0 Å². The van der Waals surface area contributed by atoms with E-state index in [-0.39, 0.29) is 24.3 Å². The molecule has 9 heteroatoms. The summed E-state index contributed by atoms with van der Waals surface area (Å²) >= 11 is 1.42. The SMILES string of the molecule is CSCC(=O)N(CC(=O)Nc1ccc2c(c1)CC1(C2)C(=O)NC(=O)N1C)Cc1ccccc1. The van der Waals surface area contributed by atoms with Crippen molar-refractivity contribution in [3.8, 4) is 0 Å². The summed E-state index contributed by atoms with van der Waals surface area (Å²) in [7, 11) is 1.63. The van der Waals surface area contributed by atoms with Crippen LogP contribution in [-0.4, -0.2) is 64.7 Å². The second kappa shape index (κ2) is 9.27. The molecule has 2 aromatic carbocycles. The minimum atomic E-state index is -0.904. The van der Waals surface area contributed by atoms with Crippen LogP contribution in [0.25, 0.3) is 0 Å². The van der Waals surface area contributed by atoms with Gasteiger partial charge in [0.05, 0.1) is 5.75 Å². The Kier molecular flexibility index (Phi) is 6.42. The van der Waals surface area contributed by atoms with Gasteiger partial charge < -0.3 is 15.1 Å². The lowest BCUT2D eigenvalue weighted by Crippen LogP contribution is -2.48. The van der Waals surface area contributed by atoms with Crippen LogP contribution in [0.3, 0.4) is 0 Å². The number of amides is 5. The normalized spacial score (nSPS) is 18.9. The Balaban J connectivity index is 1.44. The summed E-state index contributed by atoms with van der Waals surface area (Å²) in [5, 5.41) is 5.26. The zero-order valence-corrected chi connectivity index (χ0v) is 19.4. The van der Waals surface area contributed by atoms with Crippen molar-refractivity contribution in [3.63, 3.8) is 0 Å². The smallest absolute Gasteiger partial charge is 0.324 e. The van der Waals surface area contributed by atoms with E-state index in [1.165, 1.54) is 16.7 Å². The van der Waals surface area contributed by atoms with Gasteiger partial charge in [-0.2, -0.15) is 11.8 Å². The number of carbonyl (C=O) groups excluding carboxylic acids is 4. The molecular formula is C24H26N4O4S. The summed E-state index contributed by atoms with van der Waals surface area (Å²) in [5.41, 5.74) is 2.55. The van der Waals surface area contributed by atoms with Crippen LogP contribution in [0.15, 0.2) is 48.5 Å². The first-order valence-electron chi connectivity index (χ1n) is 10.6. The maximum absolute atomic E-state index is 12.8. The van der Waals surface area contributed by atoms with E-state index in [0.717, 1.165) is 16.7 Å². The third-order valence-corrected chi connectivity index (χ3v) is 6.75. The van der Waals surface area contributed by atoms with E-state index in [1.807, 2.05) is 48.7 Å². The van der Waals surface area contributed by atoms with Crippen LogP contribution in [0.1, 0.15) is 16.7 Å². The van der Waals surface area contributed by atoms with Gasteiger partial charge >= 0.3 is 6.03 Å². The molecule has 1 fully saturated rings. The first-order valence-corrected chi connectivity index (χ1v) is 12.0. The van der Waals surface area contributed by atoms with Crippen molar-refractivity contribution in [2.75, 3.05) is 30.9 Å². The standard InChI is InChI=1S/C24H26N4O4S/c1-27-23(32)26-22(31)24(27)11-17-8-9-19(10-18(17)12-24)25-20(29)14-28(21(30)15-33-2)13-16-6-4-3-5-7-16/h3-10H,11-15H2,1-2H3,(H,25,29)(H,26,31,32). The number of nitrogens with zero attached hydrogens (tertiary/aromatic N) is 2. The fourth-order valence-corrected chi connectivity index (χ4v) is 4.83. The highest BCUT2D eigenvalue weighted by atomic mass is 32.2. The molecule has 1 unspecified atom stereocenters. The quantitative estimate of drug-likeness (QED) is 0.609. The topological polar surface area (TPSA) is 98.8 Å². The molecule has 5 amide bonds. The van der Waals surface area contributed by atoms with Crippen molar-refractivity contribution in [1.29, 1.82) is 0 Å². The molecule has 2 aromatic rings. The molecular weight excluding hydrogens is 440 g/mol. The zero-order valence-electron chi connectivity index (χ0n) is 18.6. The summed E-state index contributed by atoms with van der Waals surface area (Å²) in [5.74, 6) is -0.382. The third kappa shape index (κ3) is 4.59. The molecule has 4 rings (SSSR count). The number of imide groups is 1. The molecule has 172 valence electrons. The Labute approximate surface area is 196 Å². The Morgan fingerprint density at radius 1 is 1.12 bits per heavy atom. The number of hydrogen-bond acceptors (Lipinski definition) is 5. The zero-order chi connectivity index (χ0) is 23.6. The summed E-state index contributed by atoms with van der Waals surface area (Å²) in [6.07, 6.45) is 2.69. The van der Waals surface area contributed by atoms with Gasteiger partial charge in [0.2, 0.25) is 11.8 Å². The van der Waals surface area contributed by atoms with Gasteiger partial charge in [-0.15, -0.1) is 0 Å². The number of benzene rings is 2. The van der Waals surface area contributed by atoms with E-state index in [0.29, 0.717) is 30.8 Å². The van der Waals surface area contributed by atoms with Crippen molar-refractivity contribution >= 4 is 41.2 Å². The van der Waals surface area contributed by atoms with Gasteiger partial charge in [0.25, 0.3) is 5.91 Å². The summed E-state index contributed by atoms with van der Waals surface area (Å²) < 4.78 is 0. The predicted molar refractivity (Wildman–Crippen MR) is 127 cm³/mol. The van der Waals surface area contributed by atoms with Gasteiger partial charge in [-0.3, -0.25) is 19.7 Å². The summed E-state index contributed by atoms with van der Waals surface area (Å²) in [4.78, 5) is 52.8. The first-order chi connectivity index (χ1) is 15.8. The van der Waals surface area contributed by atoms with Crippen LogP contribution in [0.4, 0.5) is 10.5 Å². The van der Waals surface area contributed by atoms with E-state index in [9.17, 15) is 19.2 Å². The average molecular weight is 467 g/mol. The van der Waals surface area contributed by atoms with Gasteiger partial charge in [0.15, 0.2) is 0 Å². The summed E-state index contributed by atoms with van der Waals surface area (Å²) in [6, 6.07) is 14.7. The van der Waals surface area contributed by atoms with E-state index in [4.69, 9.17) is 0 Å². The molecule has 8 nitrogen and oxygen atoms in total. The second-order valence-corrected chi connectivity index (χ2v) is 9.27. The Hall–Kier alpha value is -3.33. The van der Waals surface area contributed by atoms with Crippen molar-refractivity contribution in [1.82, 2.24) is 15.1 Å². The molecule has 0 bridgehead atoms. The molecule has 1 aliphatic carbocycles. The number of carbonyl (C=O) groups is 4. The number of nitrogens with one attached hydrogen (secondary N) is 2. The van der Waals surface area contributed by atoms with Crippen LogP contribution < -0.4 is 10.6 Å². The third-order valence-electron chi connectivity index (χ3n) is 6.22. The lowest BCUT2D eigenvalue weighted by molar-refractivity contribution is -0.133. The maximum Gasteiger partial charge on any atom is 0.324 e. The van der Waals surface area contributed by atoms with E-state index in [2.05, 4.69) is 10.6 Å². The fraction of sp³-hybridized carbons (Fsp3) is 0.333. The maximum atomic E-state index is 12.8. The number of thioether (sulfide) groups is 1. The molecule has 1 spiro atoms. The number of fused-ring (bicyclic) bond motifs is 1. The highest BCUT2D eigenvalue weighted by Crippen LogP contribution is 2.38. The van der Waals surface area contributed by atoms with E-state index >= 15 is 0 Å². The van der Waals surface area contributed by atoms with Crippen LogP contribution in [0.5, 0.6) is 0 Å². The molecule has 1 atom stereocenters. The number of likely N-dealkylation sites (N-methyl/N-ethyl adjacent to an activating group) is 1. The van der Waals surface area contributed by atoms with Gasteiger partial charge in [0, 0.05) is 32.1 Å². The highest BCUT2D eigenvalue weighted by Gasteiger charge is 2.54. The van der Waals surface area contributed by atoms with Crippen molar-refractivity contribution in [2.24, 2.45) is 0 Å². The Morgan fingerprint density at radius 3 is 2.52 bits per heavy atom. The number of rotatable bonds is 7. The van der Waals surface area contributed by atoms with Crippen molar-refractivity contribution in [2.45, 2.75) is 24.9 Å². The molecule has 1 saturated heterocycles.